The molecule has 12 heavy (non-hydrogen) atoms. The molecule has 0 saturated carbocycles. The highest BCUT2D eigenvalue weighted by Crippen LogP contribution is 2.20. The molecule has 0 aromatic carbocycles. The number of nitrogens with zero attached hydrogens (tertiary/aromatic N) is 1. The maximum Gasteiger partial charge on any atom is 0.0524 e. The van der Waals surface area contributed by atoms with Crippen LogP contribution in [0.2, 0.25) is 0 Å². The summed E-state index contributed by atoms with van der Waals surface area (Å²) < 4.78 is 0. The van der Waals surface area contributed by atoms with Crippen molar-refractivity contribution in [2.45, 2.75) is 26.2 Å². The van der Waals surface area contributed by atoms with Crippen molar-refractivity contribution in [1.82, 2.24) is 4.98 Å². The zero-order valence-electron chi connectivity index (χ0n) is 8.18. The number of hydrogen-bond acceptors (Lipinski definition) is 2. The van der Waals surface area contributed by atoms with Gasteiger partial charge in [-0.05, 0) is 12.1 Å². The Hall–Kier alpha value is -1.05. The summed E-state index contributed by atoms with van der Waals surface area (Å²) in [6, 6.07) is 4.11. The first kappa shape index (κ1) is 9.04. The molecular formula is C10H16N2. The number of anilines is 1. The van der Waals surface area contributed by atoms with E-state index < -0.39 is 0 Å². The van der Waals surface area contributed by atoms with E-state index in [0.29, 0.717) is 0 Å². The fourth-order valence-electron chi connectivity index (χ4n) is 0.985. The fourth-order valence-corrected chi connectivity index (χ4v) is 0.985. The van der Waals surface area contributed by atoms with Crippen molar-refractivity contribution in [3.8, 4) is 0 Å². The van der Waals surface area contributed by atoms with Gasteiger partial charge in [0.15, 0.2) is 0 Å². The number of aromatic nitrogens is 1. The molecule has 2 nitrogen and oxygen atoms in total. The van der Waals surface area contributed by atoms with Gasteiger partial charge in [-0.1, -0.05) is 20.8 Å². The SMILES string of the molecule is CNc1ccc(C(C)(C)C)nc1. The third-order valence-electron chi connectivity index (χ3n) is 1.82. The van der Waals surface area contributed by atoms with Gasteiger partial charge in [-0.3, -0.25) is 4.98 Å². The van der Waals surface area contributed by atoms with Gasteiger partial charge in [-0.15, -0.1) is 0 Å². The van der Waals surface area contributed by atoms with Crippen molar-refractivity contribution in [2.24, 2.45) is 0 Å². The van der Waals surface area contributed by atoms with Crippen LogP contribution in [0.3, 0.4) is 0 Å². The Kier molecular flexibility index (Phi) is 2.36. The van der Waals surface area contributed by atoms with Gasteiger partial charge in [0.2, 0.25) is 0 Å². The molecule has 0 spiro atoms. The third kappa shape index (κ3) is 1.97. The van der Waals surface area contributed by atoms with Crippen LogP contribution in [0.15, 0.2) is 18.3 Å². The fraction of sp³-hybridized carbons (Fsp3) is 0.500. The first-order valence-electron chi connectivity index (χ1n) is 4.18. The van der Waals surface area contributed by atoms with Crippen LogP contribution in [0.25, 0.3) is 0 Å². The topological polar surface area (TPSA) is 24.9 Å². The normalized spacial score (nSPS) is 11.3. The Morgan fingerprint density at radius 3 is 2.25 bits per heavy atom. The molecule has 0 radical (unpaired) electrons. The van der Waals surface area contributed by atoms with E-state index in [9.17, 15) is 0 Å². The average Bonchev–Trinajstić information content (AvgIpc) is 2.03. The second kappa shape index (κ2) is 3.13. The lowest BCUT2D eigenvalue weighted by molar-refractivity contribution is 0.569. The minimum Gasteiger partial charge on any atom is -0.387 e. The van der Waals surface area contributed by atoms with Gasteiger partial charge in [0.05, 0.1) is 11.9 Å². The Morgan fingerprint density at radius 2 is 1.92 bits per heavy atom. The quantitative estimate of drug-likeness (QED) is 0.689. The summed E-state index contributed by atoms with van der Waals surface area (Å²) in [4.78, 5) is 4.36. The van der Waals surface area contributed by atoms with Crippen LogP contribution in [0.5, 0.6) is 0 Å². The lowest BCUT2D eigenvalue weighted by atomic mass is 9.92. The second-order valence-electron chi connectivity index (χ2n) is 3.93. The molecule has 0 aliphatic heterocycles. The summed E-state index contributed by atoms with van der Waals surface area (Å²) in [5.41, 5.74) is 2.33. The van der Waals surface area contributed by atoms with Crippen molar-refractivity contribution in [2.75, 3.05) is 12.4 Å². The molecule has 0 saturated heterocycles. The van der Waals surface area contributed by atoms with Crippen LogP contribution in [0, 0.1) is 0 Å². The first-order chi connectivity index (χ1) is 5.54. The molecule has 0 atom stereocenters. The maximum absolute atomic E-state index is 4.36. The third-order valence-corrected chi connectivity index (χ3v) is 1.82. The number of rotatable bonds is 1. The Balaban J connectivity index is 2.93. The highest BCUT2D eigenvalue weighted by molar-refractivity contribution is 5.40. The van der Waals surface area contributed by atoms with Crippen LogP contribution in [0.1, 0.15) is 26.5 Å². The van der Waals surface area contributed by atoms with E-state index >= 15 is 0 Å². The molecule has 1 aromatic heterocycles. The van der Waals surface area contributed by atoms with E-state index in [2.05, 4.69) is 37.1 Å². The summed E-state index contributed by atoms with van der Waals surface area (Å²) in [6.45, 7) is 6.48. The molecule has 66 valence electrons. The highest BCUT2D eigenvalue weighted by atomic mass is 14.8. The summed E-state index contributed by atoms with van der Waals surface area (Å²) in [5, 5.41) is 3.04. The van der Waals surface area contributed by atoms with E-state index in [0.717, 1.165) is 11.4 Å². The minimum absolute atomic E-state index is 0.145. The zero-order chi connectivity index (χ0) is 9.19. The van der Waals surface area contributed by atoms with Gasteiger partial charge in [-0.2, -0.15) is 0 Å². The molecule has 0 bridgehead atoms. The molecule has 1 aromatic rings. The van der Waals surface area contributed by atoms with Gasteiger partial charge >= 0.3 is 0 Å². The van der Waals surface area contributed by atoms with Gasteiger partial charge in [-0.25, -0.2) is 0 Å². The predicted octanol–water partition coefficient (Wildman–Crippen LogP) is 2.42. The molecule has 0 aliphatic rings. The molecular weight excluding hydrogens is 148 g/mol. The van der Waals surface area contributed by atoms with Crippen molar-refractivity contribution in [3.05, 3.63) is 24.0 Å². The van der Waals surface area contributed by atoms with Crippen LogP contribution in [0.4, 0.5) is 5.69 Å². The largest absolute Gasteiger partial charge is 0.387 e. The highest BCUT2D eigenvalue weighted by Gasteiger charge is 2.14. The molecule has 1 rings (SSSR count). The van der Waals surface area contributed by atoms with Crippen LogP contribution in [-0.4, -0.2) is 12.0 Å². The van der Waals surface area contributed by atoms with Crippen LogP contribution in [-0.2, 0) is 5.41 Å². The molecule has 2 heteroatoms. The number of pyridine rings is 1. The molecule has 0 aliphatic carbocycles. The standard InChI is InChI=1S/C10H16N2/c1-10(2,3)9-6-5-8(11-4)7-12-9/h5-7,11H,1-4H3. The summed E-state index contributed by atoms with van der Waals surface area (Å²) in [5.74, 6) is 0. The molecule has 0 amide bonds. The van der Waals surface area contributed by atoms with Crippen LogP contribution >= 0.6 is 0 Å². The van der Waals surface area contributed by atoms with Gasteiger partial charge < -0.3 is 5.32 Å². The van der Waals surface area contributed by atoms with Crippen molar-refractivity contribution >= 4 is 5.69 Å². The molecule has 0 fully saturated rings. The van der Waals surface area contributed by atoms with Crippen molar-refractivity contribution in [1.29, 1.82) is 0 Å². The Labute approximate surface area is 74.0 Å². The van der Waals surface area contributed by atoms with Gasteiger partial charge in [0.25, 0.3) is 0 Å². The average molecular weight is 164 g/mol. The van der Waals surface area contributed by atoms with E-state index in [1.165, 1.54) is 0 Å². The van der Waals surface area contributed by atoms with Crippen molar-refractivity contribution in [3.63, 3.8) is 0 Å². The monoisotopic (exact) mass is 164 g/mol. The van der Waals surface area contributed by atoms with E-state index in [4.69, 9.17) is 0 Å². The lowest BCUT2D eigenvalue weighted by Crippen LogP contribution is -2.13. The van der Waals surface area contributed by atoms with Gasteiger partial charge in [0, 0.05) is 18.2 Å². The second-order valence-corrected chi connectivity index (χ2v) is 3.93. The van der Waals surface area contributed by atoms with Crippen LogP contribution < -0.4 is 5.32 Å². The molecule has 0 unspecified atom stereocenters. The summed E-state index contributed by atoms with van der Waals surface area (Å²) >= 11 is 0. The summed E-state index contributed by atoms with van der Waals surface area (Å²) in [7, 11) is 1.90. The Morgan fingerprint density at radius 1 is 1.25 bits per heavy atom. The maximum atomic E-state index is 4.36. The van der Waals surface area contributed by atoms with E-state index in [1.807, 2.05) is 19.3 Å². The van der Waals surface area contributed by atoms with E-state index in [-0.39, 0.29) is 5.41 Å². The zero-order valence-corrected chi connectivity index (χ0v) is 8.18. The van der Waals surface area contributed by atoms with Gasteiger partial charge in [0.1, 0.15) is 0 Å². The minimum atomic E-state index is 0.145. The lowest BCUT2D eigenvalue weighted by Gasteiger charge is -2.17. The summed E-state index contributed by atoms with van der Waals surface area (Å²) in [6.07, 6.45) is 1.86. The number of nitrogens with one attached hydrogen (secondary N) is 1. The molecule has 1 N–H and O–H groups in total. The van der Waals surface area contributed by atoms with E-state index in [1.54, 1.807) is 0 Å². The van der Waals surface area contributed by atoms with Crippen molar-refractivity contribution < 1.29 is 0 Å². The Bertz CT molecular complexity index is 244. The smallest absolute Gasteiger partial charge is 0.0524 e. The predicted molar refractivity (Wildman–Crippen MR) is 52.5 cm³/mol. The molecule has 1 heterocycles. The number of hydrogen-bond donors (Lipinski definition) is 1. The first-order valence-corrected chi connectivity index (χ1v) is 4.18.